The molecule has 6 atom stereocenters. The Hall–Kier alpha value is -5.06. The van der Waals surface area contributed by atoms with Gasteiger partial charge in [0.15, 0.2) is 11.6 Å². The normalized spacial score (nSPS) is 16.1. The Balaban J connectivity index is 0.701. The predicted octanol–water partition coefficient (Wildman–Crippen LogP) is 7.39. The molecule has 80 heavy (non-hydrogen) atoms. The Morgan fingerprint density at radius 2 is 0.550 bits per heavy atom. The zero-order valence-corrected chi connectivity index (χ0v) is 46.4. The van der Waals surface area contributed by atoms with Gasteiger partial charge in [0.25, 0.3) is 0 Å². The molecule has 4 aromatic rings. The highest BCUT2D eigenvalue weighted by atomic mass is 16.6. The van der Waals surface area contributed by atoms with Crippen LogP contribution in [0.4, 0.5) is 0 Å². The first-order chi connectivity index (χ1) is 39.2. The molecule has 6 unspecified atom stereocenters. The molecular formula is C62H86O18. The molecule has 18 heteroatoms. The lowest BCUT2D eigenvalue weighted by atomic mass is 10.0. The van der Waals surface area contributed by atoms with Crippen molar-refractivity contribution in [2.24, 2.45) is 0 Å². The number of hydrogen-bond donors (Lipinski definition) is 4. The van der Waals surface area contributed by atoms with Gasteiger partial charge in [0.1, 0.15) is 86.0 Å². The molecule has 2 fully saturated rings. The smallest absolute Gasteiger partial charge is 0.193 e. The van der Waals surface area contributed by atoms with Gasteiger partial charge in [-0.2, -0.15) is 0 Å². The Morgan fingerprint density at radius 3 is 0.762 bits per heavy atom. The van der Waals surface area contributed by atoms with Crippen molar-refractivity contribution >= 4 is 11.6 Å². The van der Waals surface area contributed by atoms with Gasteiger partial charge in [0, 0.05) is 61.9 Å². The molecule has 0 radical (unpaired) electrons. The summed E-state index contributed by atoms with van der Waals surface area (Å²) in [6, 6.07) is 27.0. The maximum absolute atomic E-state index is 13.1. The molecule has 0 amide bonds. The molecule has 2 heterocycles. The molecule has 6 rings (SSSR count). The summed E-state index contributed by atoms with van der Waals surface area (Å²) in [5, 5.41) is 41.3. The van der Waals surface area contributed by atoms with Gasteiger partial charge >= 0.3 is 0 Å². The fourth-order valence-electron chi connectivity index (χ4n) is 8.03. The Morgan fingerprint density at radius 1 is 0.338 bits per heavy atom. The predicted molar refractivity (Wildman–Crippen MR) is 298 cm³/mol. The van der Waals surface area contributed by atoms with E-state index < -0.39 is 24.4 Å². The van der Waals surface area contributed by atoms with E-state index in [0.29, 0.717) is 97.1 Å². The molecular weight excluding hydrogens is 1030 g/mol. The van der Waals surface area contributed by atoms with Crippen LogP contribution >= 0.6 is 0 Å². The Kier molecular flexibility index (Phi) is 30.9. The highest BCUT2D eigenvalue weighted by Gasteiger charge is 2.23. The third kappa shape index (κ3) is 28.1. The van der Waals surface area contributed by atoms with Gasteiger partial charge in [-0.15, -0.1) is 0 Å². The molecule has 0 aromatic heterocycles. The largest absolute Gasteiger partial charge is 0.491 e. The zero-order chi connectivity index (χ0) is 56.2. The molecule has 2 aliphatic rings. The van der Waals surface area contributed by atoms with E-state index in [1.54, 1.807) is 97.1 Å². The number of epoxide rings is 2. The maximum Gasteiger partial charge on any atom is 0.193 e. The minimum atomic E-state index is -0.817. The molecule has 0 aliphatic carbocycles. The van der Waals surface area contributed by atoms with Crippen LogP contribution in [0, 0.1) is 0 Å². The van der Waals surface area contributed by atoms with E-state index in [1.165, 1.54) is 0 Å². The van der Waals surface area contributed by atoms with E-state index in [0.717, 1.165) is 103 Å². The van der Waals surface area contributed by atoms with Crippen molar-refractivity contribution in [1.29, 1.82) is 0 Å². The molecule has 0 spiro atoms. The molecule has 2 saturated heterocycles. The molecule has 2 aliphatic heterocycles. The van der Waals surface area contributed by atoms with Crippen LogP contribution < -0.4 is 18.9 Å². The van der Waals surface area contributed by atoms with Crippen molar-refractivity contribution in [3.05, 3.63) is 119 Å². The fraction of sp³-hybridized carbons (Fsp3) is 0.581. The second-order valence-electron chi connectivity index (χ2n) is 20.2. The number of ketones is 2. The summed E-state index contributed by atoms with van der Waals surface area (Å²) in [4.78, 5) is 26.2. The SMILES string of the molecule is O=C(c1ccc(OCC(O)COCCCCCCOCC(O)COc2ccc(C(=O)c3ccc(OCC(O)COCCCCCCOCC4CO4)cc3)cc2)cc1)c1ccc(OCC(O)COCCCCCCOCC2CO2)cc1. The summed E-state index contributed by atoms with van der Waals surface area (Å²) in [6.45, 7) is 7.59. The lowest BCUT2D eigenvalue weighted by Gasteiger charge is -2.14. The van der Waals surface area contributed by atoms with E-state index in [-0.39, 0.29) is 64.4 Å². The van der Waals surface area contributed by atoms with Crippen molar-refractivity contribution in [2.45, 2.75) is 114 Å². The molecule has 4 N–H and O–H groups in total. The number of hydrogen-bond acceptors (Lipinski definition) is 18. The summed E-state index contributed by atoms with van der Waals surface area (Å²) >= 11 is 0. The lowest BCUT2D eigenvalue weighted by Crippen LogP contribution is -2.24. The van der Waals surface area contributed by atoms with Gasteiger partial charge in [-0.05, 0) is 136 Å². The zero-order valence-electron chi connectivity index (χ0n) is 46.4. The van der Waals surface area contributed by atoms with Gasteiger partial charge in [0.05, 0.1) is 52.9 Å². The van der Waals surface area contributed by atoms with Crippen molar-refractivity contribution in [1.82, 2.24) is 0 Å². The summed E-state index contributed by atoms with van der Waals surface area (Å²) in [5.74, 6) is 1.81. The number of benzene rings is 4. The quantitative estimate of drug-likeness (QED) is 0.0192. The average Bonchev–Trinajstić information content (AvgIpc) is 4.45. The number of rotatable bonds is 49. The van der Waals surface area contributed by atoms with Gasteiger partial charge < -0.3 is 77.3 Å². The monoisotopic (exact) mass is 1120 g/mol. The number of carbonyl (C=O) groups excluding carboxylic acids is 2. The van der Waals surface area contributed by atoms with E-state index in [9.17, 15) is 30.0 Å². The van der Waals surface area contributed by atoms with Crippen LogP contribution in [0.5, 0.6) is 23.0 Å². The van der Waals surface area contributed by atoms with Crippen molar-refractivity contribution in [2.75, 3.05) is 119 Å². The fourth-order valence-corrected chi connectivity index (χ4v) is 8.03. The van der Waals surface area contributed by atoms with E-state index in [4.69, 9.17) is 56.8 Å². The van der Waals surface area contributed by atoms with Crippen LogP contribution in [-0.4, -0.2) is 188 Å². The molecule has 4 aromatic carbocycles. The maximum atomic E-state index is 13.1. The van der Waals surface area contributed by atoms with Gasteiger partial charge in [-0.25, -0.2) is 0 Å². The Bertz CT molecular complexity index is 2080. The number of aliphatic hydroxyl groups excluding tert-OH is 4. The van der Waals surface area contributed by atoms with E-state index in [1.807, 2.05) is 0 Å². The molecule has 18 nitrogen and oxygen atoms in total. The van der Waals surface area contributed by atoms with Crippen LogP contribution in [0.3, 0.4) is 0 Å². The number of unbranched alkanes of at least 4 members (excludes halogenated alkanes) is 9. The summed E-state index contributed by atoms with van der Waals surface area (Å²) < 4.78 is 66.7. The molecule has 442 valence electrons. The highest BCUT2D eigenvalue weighted by Crippen LogP contribution is 2.21. The van der Waals surface area contributed by atoms with Gasteiger partial charge in [-0.3, -0.25) is 9.59 Å². The molecule has 0 saturated carbocycles. The first-order valence-electron chi connectivity index (χ1n) is 28.6. The van der Waals surface area contributed by atoms with Crippen molar-refractivity contribution < 1.29 is 86.9 Å². The lowest BCUT2D eigenvalue weighted by molar-refractivity contribution is 0.00824. The van der Waals surface area contributed by atoms with Crippen LogP contribution in [-0.2, 0) is 37.9 Å². The molecule has 0 bridgehead atoms. The third-order valence-corrected chi connectivity index (χ3v) is 12.9. The van der Waals surface area contributed by atoms with Crippen molar-refractivity contribution in [3.8, 4) is 23.0 Å². The highest BCUT2D eigenvalue weighted by molar-refractivity contribution is 6.09. The summed E-state index contributed by atoms with van der Waals surface area (Å²) in [7, 11) is 0. The van der Waals surface area contributed by atoms with E-state index in [2.05, 4.69) is 0 Å². The number of ether oxygens (including phenoxy) is 12. The standard InChI is InChI=1S/C62H86O18/c63-51(39-75-55-21-13-47(14-22-55)61(67)49-17-25-57(26-18-49)77-41-53(65)37-71-31-9-3-5-11-33-73-43-59-45-79-59)35-69-29-7-1-2-8-30-70-36-52(64)40-76-56-23-15-48(16-24-56)62(68)50-19-27-58(28-20-50)78-42-54(66)38-72-32-10-4-6-12-34-74-44-60-46-80-60/h13-28,51-54,59-60,63-66H,1-12,29-46H2. The average molecular weight is 1120 g/mol. The van der Waals surface area contributed by atoms with Crippen LogP contribution in [0.2, 0.25) is 0 Å². The van der Waals surface area contributed by atoms with Gasteiger partial charge in [0.2, 0.25) is 0 Å². The summed E-state index contributed by atoms with van der Waals surface area (Å²) in [5.41, 5.74) is 1.97. The number of aliphatic hydroxyl groups is 4. The minimum Gasteiger partial charge on any atom is -0.491 e. The summed E-state index contributed by atoms with van der Waals surface area (Å²) in [6.07, 6.45) is 9.10. The third-order valence-electron chi connectivity index (χ3n) is 12.9. The Labute approximate surface area is 471 Å². The van der Waals surface area contributed by atoms with Crippen LogP contribution in [0.1, 0.15) is 109 Å². The van der Waals surface area contributed by atoms with Gasteiger partial charge in [-0.1, -0.05) is 38.5 Å². The topological polar surface area (TPSA) is 232 Å². The minimum absolute atomic E-state index is 0.0416. The first kappa shape index (κ1) is 64.1. The number of carbonyl (C=O) groups is 2. The van der Waals surface area contributed by atoms with Crippen molar-refractivity contribution in [3.63, 3.8) is 0 Å². The second-order valence-corrected chi connectivity index (χ2v) is 20.2. The first-order valence-corrected chi connectivity index (χ1v) is 28.6. The second kappa shape index (κ2) is 38.6. The van der Waals surface area contributed by atoms with Crippen LogP contribution in [0.25, 0.3) is 0 Å². The van der Waals surface area contributed by atoms with E-state index >= 15 is 0 Å². The van der Waals surface area contributed by atoms with Crippen LogP contribution in [0.15, 0.2) is 97.1 Å².